The van der Waals surface area contributed by atoms with Crippen molar-refractivity contribution in [1.82, 2.24) is 20.6 Å². The van der Waals surface area contributed by atoms with E-state index in [9.17, 15) is 13.6 Å². The van der Waals surface area contributed by atoms with Crippen molar-refractivity contribution in [1.29, 1.82) is 0 Å². The number of nitrogens with one attached hydrogen (secondary N) is 2. The number of ether oxygens (including phenoxy) is 1. The van der Waals surface area contributed by atoms with E-state index in [0.717, 1.165) is 0 Å². The third kappa shape index (κ3) is 7.26. The van der Waals surface area contributed by atoms with Gasteiger partial charge in [0.25, 0.3) is 5.92 Å². The van der Waals surface area contributed by atoms with Crippen molar-refractivity contribution in [3.63, 3.8) is 0 Å². The fraction of sp³-hybridized carbons (Fsp3) is 0.643. The predicted octanol–water partition coefficient (Wildman–Crippen LogP) is 2.29. The van der Waals surface area contributed by atoms with Gasteiger partial charge in [-0.25, -0.2) is 13.6 Å². The molecule has 0 saturated heterocycles. The predicted molar refractivity (Wildman–Crippen MR) is 77.6 cm³/mol. The fourth-order valence-corrected chi connectivity index (χ4v) is 1.52. The minimum absolute atomic E-state index is 0.374. The molecule has 1 unspecified atom stereocenters. The van der Waals surface area contributed by atoms with Gasteiger partial charge in [-0.15, -0.1) is 0 Å². The standard InChI is InChI=1S/C14H22F2N4O2/c1-10(11-7-17-5-6-18-11)19-8-14(15,16)9-20-12(21)22-13(2,3)4/h5-7,10,19H,8-9H2,1-4H3,(H,20,21). The fourth-order valence-electron chi connectivity index (χ4n) is 1.52. The lowest BCUT2D eigenvalue weighted by atomic mass is 10.2. The molecule has 1 rings (SSSR count). The minimum atomic E-state index is -3.10. The maximum Gasteiger partial charge on any atom is 0.407 e. The third-order valence-corrected chi connectivity index (χ3v) is 2.58. The summed E-state index contributed by atoms with van der Waals surface area (Å²) in [5, 5.41) is 4.73. The molecule has 0 aliphatic heterocycles. The van der Waals surface area contributed by atoms with Crippen molar-refractivity contribution in [3.05, 3.63) is 24.3 Å². The van der Waals surface area contributed by atoms with Crippen LogP contribution in [0.4, 0.5) is 13.6 Å². The van der Waals surface area contributed by atoms with Crippen LogP contribution >= 0.6 is 0 Å². The molecular formula is C14H22F2N4O2. The summed E-state index contributed by atoms with van der Waals surface area (Å²) in [6.07, 6.45) is 3.65. The van der Waals surface area contributed by atoms with E-state index in [1.54, 1.807) is 27.7 Å². The van der Waals surface area contributed by atoms with Crippen LogP contribution < -0.4 is 10.6 Å². The summed E-state index contributed by atoms with van der Waals surface area (Å²) in [6.45, 7) is 5.29. The number of aromatic nitrogens is 2. The SMILES string of the molecule is CC(NCC(F)(F)CNC(=O)OC(C)(C)C)c1cnccn1. The van der Waals surface area contributed by atoms with Crippen LogP contribution in [0.5, 0.6) is 0 Å². The highest BCUT2D eigenvalue weighted by molar-refractivity contribution is 5.67. The van der Waals surface area contributed by atoms with E-state index >= 15 is 0 Å². The number of nitrogens with zero attached hydrogens (tertiary/aromatic N) is 2. The van der Waals surface area contributed by atoms with Crippen LogP contribution in [-0.2, 0) is 4.74 Å². The van der Waals surface area contributed by atoms with Crippen LogP contribution in [0.2, 0.25) is 0 Å². The molecule has 0 aromatic carbocycles. The van der Waals surface area contributed by atoms with Gasteiger partial charge in [0.05, 0.1) is 18.8 Å². The van der Waals surface area contributed by atoms with E-state index in [1.165, 1.54) is 18.6 Å². The molecule has 0 aliphatic rings. The quantitative estimate of drug-likeness (QED) is 0.842. The average molecular weight is 316 g/mol. The largest absolute Gasteiger partial charge is 0.444 e. The first kappa shape index (κ1) is 18.2. The van der Waals surface area contributed by atoms with E-state index in [2.05, 4.69) is 20.6 Å². The van der Waals surface area contributed by atoms with Gasteiger partial charge in [0.2, 0.25) is 0 Å². The molecule has 2 N–H and O–H groups in total. The highest BCUT2D eigenvalue weighted by atomic mass is 19.3. The molecule has 0 bridgehead atoms. The van der Waals surface area contributed by atoms with Gasteiger partial charge in [-0.3, -0.25) is 9.97 Å². The molecule has 0 radical (unpaired) electrons. The van der Waals surface area contributed by atoms with Crippen molar-refractivity contribution < 1.29 is 18.3 Å². The number of amides is 1. The normalized spacial score (nSPS) is 13.5. The van der Waals surface area contributed by atoms with Crippen molar-refractivity contribution in [2.75, 3.05) is 13.1 Å². The summed E-state index contributed by atoms with van der Waals surface area (Å²) in [5.41, 5.74) is -0.156. The number of hydrogen-bond donors (Lipinski definition) is 2. The van der Waals surface area contributed by atoms with E-state index in [4.69, 9.17) is 4.74 Å². The Balaban J connectivity index is 2.39. The Morgan fingerprint density at radius 3 is 2.55 bits per heavy atom. The molecule has 0 aliphatic carbocycles. The first-order chi connectivity index (χ1) is 10.1. The second-order valence-corrected chi connectivity index (χ2v) is 5.94. The number of alkyl carbamates (subject to hydrolysis) is 1. The smallest absolute Gasteiger partial charge is 0.407 e. The molecule has 0 spiro atoms. The topological polar surface area (TPSA) is 76.1 Å². The Morgan fingerprint density at radius 2 is 2.00 bits per heavy atom. The van der Waals surface area contributed by atoms with E-state index in [1.807, 2.05) is 0 Å². The van der Waals surface area contributed by atoms with Crippen molar-refractivity contribution >= 4 is 6.09 Å². The van der Waals surface area contributed by atoms with Gasteiger partial charge in [0.1, 0.15) is 5.60 Å². The molecule has 1 amide bonds. The number of halogens is 2. The van der Waals surface area contributed by atoms with Gasteiger partial charge in [-0.05, 0) is 27.7 Å². The Morgan fingerprint density at radius 1 is 1.32 bits per heavy atom. The zero-order chi connectivity index (χ0) is 16.8. The van der Waals surface area contributed by atoms with Crippen LogP contribution in [0.25, 0.3) is 0 Å². The first-order valence-electron chi connectivity index (χ1n) is 6.93. The monoisotopic (exact) mass is 316 g/mol. The maximum atomic E-state index is 13.7. The van der Waals surface area contributed by atoms with Gasteiger partial charge in [0, 0.05) is 24.6 Å². The maximum absolute atomic E-state index is 13.7. The summed E-state index contributed by atoms with van der Waals surface area (Å²) >= 11 is 0. The lowest BCUT2D eigenvalue weighted by Crippen LogP contribution is -2.45. The van der Waals surface area contributed by atoms with E-state index < -0.39 is 30.7 Å². The summed E-state index contributed by atoms with van der Waals surface area (Å²) in [5.74, 6) is -3.10. The van der Waals surface area contributed by atoms with Crippen LogP contribution in [0.3, 0.4) is 0 Å². The number of carbonyl (C=O) groups excluding carboxylic acids is 1. The van der Waals surface area contributed by atoms with Gasteiger partial charge in [-0.1, -0.05) is 0 Å². The average Bonchev–Trinajstić information content (AvgIpc) is 2.42. The Bertz CT molecular complexity index is 477. The summed E-state index contributed by atoms with van der Waals surface area (Å²) < 4.78 is 32.4. The number of carbonyl (C=O) groups is 1. The van der Waals surface area contributed by atoms with Gasteiger partial charge >= 0.3 is 6.09 Å². The van der Waals surface area contributed by atoms with Gasteiger partial charge in [-0.2, -0.15) is 0 Å². The second-order valence-electron chi connectivity index (χ2n) is 5.94. The molecule has 1 atom stereocenters. The summed E-state index contributed by atoms with van der Waals surface area (Å²) in [4.78, 5) is 19.3. The summed E-state index contributed by atoms with van der Waals surface area (Å²) in [7, 11) is 0. The van der Waals surface area contributed by atoms with Crippen LogP contribution in [0, 0.1) is 0 Å². The number of rotatable bonds is 6. The van der Waals surface area contributed by atoms with Crippen LogP contribution in [-0.4, -0.2) is 40.7 Å². The molecule has 1 aromatic rings. The Hall–Kier alpha value is -1.83. The first-order valence-corrected chi connectivity index (χ1v) is 6.93. The van der Waals surface area contributed by atoms with Crippen LogP contribution in [0.15, 0.2) is 18.6 Å². The van der Waals surface area contributed by atoms with Gasteiger partial charge in [0.15, 0.2) is 0 Å². The Kier molecular flexibility index (Phi) is 6.16. The molecule has 22 heavy (non-hydrogen) atoms. The van der Waals surface area contributed by atoms with E-state index in [0.29, 0.717) is 5.69 Å². The summed E-state index contributed by atoms with van der Waals surface area (Å²) in [6, 6.07) is -0.374. The number of alkyl halides is 2. The number of hydrogen-bond acceptors (Lipinski definition) is 5. The minimum Gasteiger partial charge on any atom is -0.444 e. The van der Waals surface area contributed by atoms with Crippen molar-refractivity contribution in [3.8, 4) is 0 Å². The molecular weight excluding hydrogens is 294 g/mol. The second kappa shape index (κ2) is 7.44. The zero-order valence-electron chi connectivity index (χ0n) is 13.2. The van der Waals surface area contributed by atoms with Crippen molar-refractivity contribution in [2.45, 2.75) is 45.3 Å². The van der Waals surface area contributed by atoms with E-state index in [-0.39, 0.29) is 6.04 Å². The molecule has 1 aromatic heterocycles. The highest BCUT2D eigenvalue weighted by Crippen LogP contribution is 2.14. The molecule has 8 heteroatoms. The molecule has 0 fully saturated rings. The van der Waals surface area contributed by atoms with Crippen LogP contribution in [0.1, 0.15) is 39.4 Å². The molecule has 1 heterocycles. The zero-order valence-corrected chi connectivity index (χ0v) is 13.2. The molecule has 6 nitrogen and oxygen atoms in total. The lowest BCUT2D eigenvalue weighted by Gasteiger charge is -2.23. The molecule has 124 valence electrons. The highest BCUT2D eigenvalue weighted by Gasteiger charge is 2.31. The van der Waals surface area contributed by atoms with Crippen molar-refractivity contribution in [2.24, 2.45) is 0 Å². The lowest BCUT2D eigenvalue weighted by molar-refractivity contribution is -0.00533. The Labute approximate surface area is 128 Å². The van der Waals surface area contributed by atoms with Gasteiger partial charge < -0.3 is 15.4 Å². The third-order valence-electron chi connectivity index (χ3n) is 2.58. The molecule has 0 saturated carbocycles.